The number of hydrogen-bond acceptors (Lipinski definition) is 4. The number of nitrogens with zero attached hydrogens (tertiary/aromatic N) is 4. The van der Waals surface area contributed by atoms with Gasteiger partial charge in [-0.1, -0.05) is 17.7 Å². The summed E-state index contributed by atoms with van der Waals surface area (Å²) < 4.78 is 28.1. The van der Waals surface area contributed by atoms with Gasteiger partial charge < -0.3 is 9.47 Å². The maximum absolute atomic E-state index is 12.5. The molecule has 0 N–H and O–H groups in total. The van der Waals surface area contributed by atoms with E-state index in [0.717, 1.165) is 5.69 Å². The first-order valence-electron chi connectivity index (χ1n) is 6.95. The minimum Gasteiger partial charge on any atom is -0.369 e. The van der Waals surface area contributed by atoms with E-state index in [9.17, 15) is 8.42 Å². The molecule has 2 aromatic rings. The topological polar surface area (TPSA) is 58.4 Å². The lowest BCUT2D eigenvalue weighted by Gasteiger charge is -2.35. The Labute approximate surface area is 135 Å². The van der Waals surface area contributed by atoms with Crippen molar-refractivity contribution in [1.82, 2.24) is 13.9 Å². The largest absolute Gasteiger partial charge is 0.369 e. The van der Waals surface area contributed by atoms with Crippen molar-refractivity contribution in [3.63, 3.8) is 0 Å². The first-order valence-corrected chi connectivity index (χ1v) is 8.77. The van der Waals surface area contributed by atoms with Gasteiger partial charge in [0.05, 0.1) is 6.33 Å². The monoisotopic (exact) mass is 340 g/mol. The highest BCUT2D eigenvalue weighted by Gasteiger charge is 2.30. The van der Waals surface area contributed by atoms with Gasteiger partial charge in [-0.3, -0.25) is 0 Å². The summed E-state index contributed by atoms with van der Waals surface area (Å²) in [6, 6.07) is 7.60. The fourth-order valence-electron chi connectivity index (χ4n) is 2.51. The molecule has 0 saturated carbocycles. The lowest BCUT2D eigenvalue weighted by Crippen LogP contribution is -2.48. The second kappa shape index (κ2) is 5.91. The molecule has 0 unspecified atom stereocenters. The molecule has 3 rings (SSSR count). The van der Waals surface area contributed by atoms with Crippen LogP contribution in [0.4, 0.5) is 5.69 Å². The molecular formula is C14H17ClN4O2S. The molecule has 1 aromatic carbocycles. The van der Waals surface area contributed by atoms with E-state index in [1.807, 2.05) is 24.3 Å². The van der Waals surface area contributed by atoms with E-state index < -0.39 is 10.0 Å². The molecule has 0 spiro atoms. The lowest BCUT2D eigenvalue weighted by atomic mass is 10.2. The number of hydrogen-bond donors (Lipinski definition) is 0. The molecule has 0 amide bonds. The second-order valence-corrected chi connectivity index (χ2v) is 7.57. The summed E-state index contributed by atoms with van der Waals surface area (Å²) in [5.41, 5.74) is 1.02. The van der Waals surface area contributed by atoms with Crippen LogP contribution < -0.4 is 4.90 Å². The number of imidazole rings is 1. The van der Waals surface area contributed by atoms with Crippen molar-refractivity contribution in [2.75, 3.05) is 31.1 Å². The number of anilines is 1. The number of benzene rings is 1. The predicted molar refractivity (Wildman–Crippen MR) is 85.6 cm³/mol. The summed E-state index contributed by atoms with van der Waals surface area (Å²) in [6.45, 7) is 2.13. The van der Waals surface area contributed by atoms with E-state index in [4.69, 9.17) is 11.6 Å². The van der Waals surface area contributed by atoms with Crippen molar-refractivity contribution in [2.24, 2.45) is 7.05 Å². The van der Waals surface area contributed by atoms with Gasteiger partial charge in [0.2, 0.25) is 0 Å². The molecule has 0 radical (unpaired) electrons. The first kappa shape index (κ1) is 15.3. The maximum atomic E-state index is 12.5. The SMILES string of the molecule is Cn1cnc(S(=O)(=O)N2CCN(c3cccc(Cl)c3)CC2)c1. The molecule has 118 valence electrons. The van der Waals surface area contributed by atoms with Crippen LogP contribution in [0.1, 0.15) is 0 Å². The summed E-state index contributed by atoms with van der Waals surface area (Å²) >= 11 is 6.00. The Morgan fingerprint density at radius 2 is 1.91 bits per heavy atom. The molecule has 22 heavy (non-hydrogen) atoms. The fraction of sp³-hybridized carbons (Fsp3) is 0.357. The molecule has 2 heterocycles. The number of aryl methyl sites for hydroxylation is 1. The van der Waals surface area contributed by atoms with Crippen LogP contribution in [-0.4, -0.2) is 48.5 Å². The van der Waals surface area contributed by atoms with Crippen LogP contribution in [0.2, 0.25) is 5.02 Å². The summed E-state index contributed by atoms with van der Waals surface area (Å²) in [5, 5.41) is 0.784. The third-order valence-electron chi connectivity index (χ3n) is 3.70. The van der Waals surface area contributed by atoms with Gasteiger partial charge in [0, 0.05) is 50.1 Å². The van der Waals surface area contributed by atoms with Gasteiger partial charge in [-0.2, -0.15) is 4.31 Å². The Morgan fingerprint density at radius 1 is 1.18 bits per heavy atom. The zero-order valence-electron chi connectivity index (χ0n) is 12.2. The highest BCUT2D eigenvalue weighted by Crippen LogP contribution is 2.22. The second-order valence-electron chi connectivity index (χ2n) is 5.25. The molecule has 1 fully saturated rings. The molecule has 8 heteroatoms. The van der Waals surface area contributed by atoms with Crippen molar-refractivity contribution in [3.05, 3.63) is 41.8 Å². The lowest BCUT2D eigenvalue weighted by molar-refractivity contribution is 0.383. The minimum atomic E-state index is -3.51. The molecular weight excluding hydrogens is 324 g/mol. The van der Waals surface area contributed by atoms with Gasteiger partial charge in [-0.05, 0) is 18.2 Å². The highest BCUT2D eigenvalue weighted by atomic mass is 35.5. The minimum absolute atomic E-state index is 0.103. The van der Waals surface area contributed by atoms with Crippen LogP contribution in [0.25, 0.3) is 0 Å². The smallest absolute Gasteiger partial charge is 0.262 e. The molecule has 1 aromatic heterocycles. The summed E-state index contributed by atoms with van der Waals surface area (Å²) in [6.07, 6.45) is 3.02. The third kappa shape index (κ3) is 2.97. The summed E-state index contributed by atoms with van der Waals surface area (Å²) in [5.74, 6) is 0. The molecule has 0 bridgehead atoms. The van der Waals surface area contributed by atoms with Gasteiger partial charge in [0.15, 0.2) is 5.03 Å². The maximum Gasteiger partial charge on any atom is 0.262 e. The number of rotatable bonds is 3. The number of piperazine rings is 1. The van der Waals surface area contributed by atoms with Crippen molar-refractivity contribution in [1.29, 1.82) is 0 Å². The van der Waals surface area contributed by atoms with Crippen molar-refractivity contribution in [3.8, 4) is 0 Å². The molecule has 6 nitrogen and oxygen atoms in total. The highest BCUT2D eigenvalue weighted by molar-refractivity contribution is 7.89. The standard InChI is InChI=1S/C14H17ClN4O2S/c1-17-10-14(16-11-17)22(20,21)19-7-5-18(6-8-19)13-4-2-3-12(15)9-13/h2-4,9-11H,5-8H2,1H3. The molecule has 0 atom stereocenters. The Balaban J connectivity index is 1.72. The fourth-order valence-corrected chi connectivity index (χ4v) is 4.09. The zero-order chi connectivity index (χ0) is 15.7. The average Bonchev–Trinajstić information content (AvgIpc) is 2.95. The Hall–Kier alpha value is -1.57. The predicted octanol–water partition coefficient (Wildman–Crippen LogP) is 1.58. The van der Waals surface area contributed by atoms with Crippen LogP contribution in [0.15, 0.2) is 41.8 Å². The van der Waals surface area contributed by atoms with Gasteiger partial charge in [-0.15, -0.1) is 0 Å². The van der Waals surface area contributed by atoms with Crippen LogP contribution in [0, 0.1) is 0 Å². The van der Waals surface area contributed by atoms with Crippen LogP contribution in [0.3, 0.4) is 0 Å². The van der Waals surface area contributed by atoms with Gasteiger partial charge in [-0.25, -0.2) is 13.4 Å². The third-order valence-corrected chi connectivity index (χ3v) is 5.72. The summed E-state index contributed by atoms with van der Waals surface area (Å²) in [4.78, 5) is 6.09. The molecule has 1 aliphatic rings. The molecule has 1 aliphatic heterocycles. The Bertz CT molecular complexity index is 767. The zero-order valence-corrected chi connectivity index (χ0v) is 13.8. The molecule has 0 aliphatic carbocycles. The van der Waals surface area contributed by atoms with E-state index in [-0.39, 0.29) is 5.03 Å². The van der Waals surface area contributed by atoms with E-state index in [1.54, 1.807) is 11.6 Å². The van der Waals surface area contributed by atoms with Crippen LogP contribution >= 0.6 is 11.6 Å². The van der Waals surface area contributed by atoms with Crippen LogP contribution in [-0.2, 0) is 17.1 Å². The van der Waals surface area contributed by atoms with Crippen molar-refractivity contribution >= 4 is 27.3 Å². The Kier molecular flexibility index (Phi) is 4.12. The van der Waals surface area contributed by atoms with Gasteiger partial charge >= 0.3 is 0 Å². The number of sulfonamides is 1. The van der Waals surface area contributed by atoms with Crippen LogP contribution in [0.5, 0.6) is 0 Å². The molecule has 1 saturated heterocycles. The van der Waals surface area contributed by atoms with Gasteiger partial charge in [0.25, 0.3) is 10.0 Å². The first-order chi connectivity index (χ1) is 10.5. The van der Waals surface area contributed by atoms with E-state index in [0.29, 0.717) is 31.2 Å². The van der Waals surface area contributed by atoms with Gasteiger partial charge in [0.1, 0.15) is 0 Å². The summed E-state index contributed by atoms with van der Waals surface area (Å²) in [7, 11) is -1.75. The normalized spacial score (nSPS) is 16.9. The number of halogens is 1. The Morgan fingerprint density at radius 3 is 2.50 bits per heavy atom. The van der Waals surface area contributed by atoms with E-state index in [1.165, 1.54) is 16.8 Å². The quantitative estimate of drug-likeness (QED) is 0.851. The van der Waals surface area contributed by atoms with E-state index in [2.05, 4.69) is 9.88 Å². The van der Waals surface area contributed by atoms with Crippen molar-refractivity contribution < 1.29 is 8.42 Å². The van der Waals surface area contributed by atoms with Crippen molar-refractivity contribution in [2.45, 2.75) is 5.03 Å². The number of aromatic nitrogens is 2. The average molecular weight is 341 g/mol. The van der Waals surface area contributed by atoms with E-state index >= 15 is 0 Å².